The Kier molecular flexibility index (Phi) is 9.45. The zero-order valence-corrected chi connectivity index (χ0v) is 23.9. The maximum Gasteiger partial charge on any atom is 0.338 e. The molecule has 11 heteroatoms. The van der Waals surface area contributed by atoms with Crippen molar-refractivity contribution >= 4 is 81.3 Å². The standard InChI is InChI=1S/C28H24Cl3N3O4S/c1-2-38-27(37)18-7-10-21(11-8-18)32-25(35)16-24-26(36)34(22-5-3-4-19(29)14-22)28(39)33(24)13-12-17-6-9-20(30)15-23(17)31/h3-11,14-15,24H,2,12-13,16H2,1H3,(H,32,35). The van der Waals surface area contributed by atoms with Crippen LogP contribution in [-0.4, -0.2) is 47.0 Å². The molecule has 3 aromatic carbocycles. The molecule has 3 aromatic rings. The van der Waals surface area contributed by atoms with Gasteiger partial charge in [0.15, 0.2) is 5.11 Å². The van der Waals surface area contributed by atoms with Gasteiger partial charge >= 0.3 is 5.97 Å². The molecule has 1 atom stereocenters. The molecule has 0 spiro atoms. The van der Waals surface area contributed by atoms with E-state index in [2.05, 4.69) is 5.32 Å². The second-order valence-corrected chi connectivity index (χ2v) is 10.3. The molecule has 1 saturated heterocycles. The van der Waals surface area contributed by atoms with Crippen LogP contribution in [0.5, 0.6) is 0 Å². The smallest absolute Gasteiger partial charge is 0.338 e. The number of anilines is 2. The molecule has 1 aliphatic heterocycles. The highest BCUT2D eigenvalue weighted by molar-refractivity contribution is 7.80. The van der Waals surface area contributed by atoms with Gasteiger partial charge in [-0.05, 0) is 85.7 Å². The van der Waals surface area contributed by atoms with E-state index >= 15 is 0 Å². The quantitative estimate of drug-likeness (QED) is 0.225. The Balaban J connectivity index is 1.53. The summed E-state index contributed by atoms with van der Waals surface area (Å²) in [5.74, 6) is -1.17. The Morgan fingerprint density at radius 3 is 2.38 bits per heavy atom. The molecule has 1 N–H and O–H groups in total. The van der Waals surface area contributed by atoms with Gasteiger partial charge in [0.1, 0.15) is 6.04 Å². The van der Waals surface area contributed by atoms with E-state index in [1.54, 1.807) is 72.5 Å². The Morgan fingerprint density at radius 1 is 1.00 bits per heavy atom. The molecule has 1 heterocycles. The number of halogens is 3. The fraction of sp³-hybridized carbons (Fsp3) is 0.214. The van der Waals surface area contributed by atoms with Crippen molar-refractivity contribution in [2.45, 2.75) is 25.8 Å². The lowest BCUT2D eigenvalue weighted by Gasteiger charge is -2.24. The van der Waals surface area contributed by atoms with Crippen molar-refractivity contribution in [3.63, 3.8) is 0 Å². The third-order valence-corrected chi connectivity index (χ3v) is 7.32. The molecule has 0 aliphatic carbocycles. The first-order valence-corrected chi connectivity index (χ1v) is 13.6. The Hall–Kier alpha value is -3.17. The van der Waals surface area contributed by atoms with E-state index in [-0.39, 0.29) is 30.0 Å². The lowest BCUT2D eigenvalue weighted by atomic mass is 10.1. The van der Waals surface area contributed by atoms with Crippen LogP contribution in [-0.2, 0) is 20.7 Å². The third kappa shape index (κ3) is 6.89. The average molecular weight is 605 g/mol. The van der Waals surface area contributed by atoms with Crippen molar-refractivity contribution in [3.8, 4) is 0 Å². The Morgan fingerprint density at radius 2 is 1.72 bits per heavy atom. The molecule has 0 saturated carbocycles. The van der Waals surface area contributed by atoms with Crippen molar-refractivity contribution in [1.29, 1.82) is 0 Å². The molecule has 1 aliphatic rings. The van der Waals surface area contributed by atoms with Gasteiger partial charge in [-0.2, -0.15) is 0 Å². The van der Waals surface area contributed by atoms with Gasteiger partial charge in [-0.15, -0.1) is 0 Å². The maximum absolute atomic E-state index is 13.6. The van der Waals surface area contributed by atoms with Gasteiger partial charge < -0.3 is 15.0 Å². The summed E-state index contributed by atoms with van der Waals surface area (Å²) >= 11 is 24.3. The van der Waals surface area contributed by atoms with E-state index in [0.717, 1.165) is 5.56 Å². The summed E-state index contributed by atoms with van der Waals surface area (Å²) in [6, 6.07) is 17.5. The normalized spacial score (nSPS) is 15.0. The zero-order chi connectivity index (χ0) is 28.1. The van der Waals surface area contributed by atoms with Gasteiger partial charge in [0.25, 0.3) is 5.91 Å². The van der Waals surface area contributed by atoms with Gasteiger partial charge in [0.2, 0.25) is 5.91 Å². The summed E-state index contributed by atoms with van der Waals surface area (Å²) < 4.78 is 4.98. The highest BCUT2D eigenvalue weighted by atomic mass is 35.5. The first kappa shape index (κ1) is 28.8. The number of esters is 1. The van der Waals surface area contributed by atoms with Crippen LogP contribution in [0.15, 0.2) is 66.7 Å². The van der Waals surface area contributed by atoms with E-state index in [1.165, 1.54) is 4.90 Å². The van der Waals surface area contributed by atoms with Crippen LogP contribution in [0.4, 0.5) is 11.4 Å². The lowest BCUT2D eigenvalue weighted by molar-refractivity contribution is -0.124. The number of benzene rings is 3. The number of nitrogens with one attached hydrogen (secondary N) is 1. The molecule has 7 nitrogen and oxygen atoms in total. The largest absolute Gasteiger partial charge is 0.462 e. The summed E-state index contributed by atoms with van der Waals surface area (Å²) in [7, 11) is 0. The summed E-state index contributed by atoms with van der Waals surface area (Å²) in [6.07, 6.45) is 0.324. The minimum Gasteiger partial charge on any atom is -0.462 e. The predicted octanol–water partition coefficient (Wildman–Crippen LogP) is 6.40. The van der Waals surface area contributed by atoms with E-state index in [4.69, 9.17) is 51.8 Å². The topological polar surface area (TPSA) is 78.9 Å². The summed E-state index contributed by atoms with van der Waals surface area (Å²) in [6.45, 7) is 2.33. The van der Waals surface area contributed by atoms with E-state index in [9.17, 15) is 14.4 Å². The molecule has 0 bridgehead atoms. The molecule has 0 radical (unpaired) electrons. The van der Waals surface area contributed by atoms with Crippen molar-refractivity contribution in [3.05, 3.63) is 92.9 Å². The van der Waals surface area contributed by atoms with Gasteiger partial charge in [-0.25, -0.2) is 4.79 Å². The fourth-order valence-corrected chi connectivity index (χ4v) is 5.30. The average Bonchev–Trinajstić information content (AvgIpc) is 3.12. The molecule has 4 rings (SSSR count). The first-order valence-electron chi connectivity index (χ1n) is 12.1. The minimum atomic E-state index is -0.846. The second kappa shape index (κ2) is 12.8. The number of thiocarbonyl (C=S) groups is 1. The Bertz CT molecular complexity index is 1420. The molecule has 2 amide bonds. The van der Waals surface area contributed by atoms with Crippen molar-refractivity contribution in [2.75, 3.05) is 23.4 Å². The molecule has 1 fully saturated rings. The first-order chi connectivity index (χ1) is 18.7. The Labute approximate surface area is 246 Å². The third-order valence-electron chi connectivity index (χ3n) is 6.08. The van der Waals surface area contributed by atoms with Crippen LogP contribution in [0.3, 0.4) is 0 Å². The second-order valence-electron chi connectivity index (χ2n) is 8.68. The predicted molar refractivity (Wildman–Crippen MR) is 158 cm³/mol. The molecule has 0 aromatic heterocycles. The summed E-state index contributed by atoms with van der Waals surface area (Å²) in [5, 5.41) is 4.54. The molecule has 39 heavy (non-hydrogen) atoms. The number of hydrogen-bond donors (Lipinski definition) is 1. The van der Waals surface area contributed by atoms with Crippen LogP contribution < -0.4 is 10.2 Å². The lowest BCUT2D eigenvalue weighted by Crippen LogP contribution is -2.39. The maximum atomic E-state index is 13.6. The highest BCUT2D eigenvalue weighted by Crippen LogP contribution is 2.30. The number of ether oxygens (including phenoxy) is 1. The van der Waals surface area contributed by atoms with Crippen LogP contribution in [0.25, 0.3) is 0 Å². The van der Waals surface area contributed by atoms with Gasteiger partial charge in [0, 0.05) is 27.3 Å². The van der Waals surface area contributed by atoms with Crippen LogP contribution >= 0.6 is 47.0 Å². The molecule has 202 valence electrons. The van der Waals surface area contributed by atoms with Crippen molar-refractivity contribution in [2.24, 2.45) is 0 Å². The van der Waals surface area contributed by atoms with Crippen LogP contribution in [0, 0.1) is 0 Å². The monoisotopic (exact) mass is 603 g/mol. The van der Waals surface area contributed by atoms with Gasteiger partial charge in [-0.3, -0.25) is 14.5 Å². The minimum absolute atomic E-state index is 0.149. The highest BCUT2D eigenvalue weighted by Gasteiger charge is 2.44. The number of nitrogens with zero attached hydrogens (tertiary/aromatic N) is 2. The zero-order valence-electron chi connectivity index (χ0n) is 20.8. The SMILES string of the molecule is CCOC(=O)c1ccc(NC(=O)CC2C(=O)N(c3cccc(Cl)c3)C(=S)N2CCc2ccc(Cl)cc2Cl)cc1. The van der Waals surface area contributed by atoms with Crippen molar-refractivity contribution < 1.29 is 19.1 Å². The van der Waals surface area contributed by atoms with Gasteiger partial charge in [-0.1, -0.05) is 46.9 Å². The van der Waals surface area contributed by atoms with Crippen molar-refractivity contribution in [1.82, 2.24) is 4.90 Å². The molecular formula is C28H24Cl3N3O4S. The number of carbonyl (C=O) groups is 3. The number of hydrogen-bond acceptors (Lipinski definition) is 5. The number of amides is 2. The molecular weight excluding hydrogens is 581 g/mol. The van der Waals surface area contributed by atoms with E-state index in [0.29, 0.717) is 45.0 Å². The van der Waals surface area contributed by atoms with E-state index < -0.39 is 12.0 Å². The summed E-state index contributed by atoms with van der Waals surface area (Å²) in [4.78, 5) is 41.7. The summed E-state index contributed by atoms with van der Waals surface area (Å²) in [5.41, 5.74) is 2.20. The molecule has 1 unspecified atom stereocenters. The van der Waals surface area contributed by atoms with E-state index in [1.807, 2.05) is 6.07 Å². The fourth-order valence-electron chi connectivity index (χ4n) is 4.20. The van der Waals surface area contributed by atoms with Crippen LogP contribution in [0.2, 0.25) is 15.1 Å². The van der Waals surface area contributed by atoms with Gasteiger partial charge in [0.05, 0.1) is 24.3 Å². The number of carbonyl (C=O) groups excluding carboxylic acids is 3. The van der Waals surface area contributed by atoms with Crippen LogP contribution in [0.1, 0.15) is 29.3 Å². The number of rotatable bonds is 9.